The zero-order chi connectivity index (χ0) is 17.6. The minimum atomic E-state index is 0.254. The lowest BCUT2D eigenvalue weighted by Crippen LogP contribution is -2.43. The second-order valence-electron chi connectivity index (χ2n) is 6.93. The fraction of sp³-hybridized carbons (Fsp3) is 0.476. The monoisotopic (exact) mass is 356 g/mol. The molecule has 2 aromatic rings. The lowest BCUT2D eigenvalue weighted by atomic mass is 10.0. The van der Waals surface area contributed by atoms with Gasteiger partial charge in [-0.25, -0.2) is 0 Å². The molecule has 1 amide bonds. The lowest BCUT2D eigenvalue weighted by molar-refractivity contribution is -0.132. The molecule has 2 unspecified atom stereocenters. The highest BCUT2D eigenvalue weighted by Crippen LogP contribution is 2.22. The Bertz CT molecular complexity index is 713. The third kappa shape index (κ3) is 4.56. The molecule has 2 aromatic carbocycles. The highest BCUT2D eigenvalue weighted by molar-refractivity contribution is 7.81. The molecule has 0 radical (unpaired) electrons. The van der Waals surface area contributed by atoms with Crippen LogP contribution in [0, 0.1) is 0 Å². The van der Waals surface area contributed by atoms with Gasteiger partial charge in [0.15, 0.2) is 0 Å². The molecule has 1 saturated heterocycles. The van der Waals surface area contributed by atoms with Crippen molar-refractivity contribution in [1.29, 1.82) is 0 Å². The molecule has 3 nitrogen and oxygen atoms in total. The number of thiol groups is 1. The predicted molar refractivity (Wildman–Crippen MR) is 108 cm³/mol. The number of rotatable bonds is 7. The van der Waals surface area contributed by atoms with Gasteiger partial charge in [-0.05, 0) is 35.7 Å². The predicted octanol–water partition coefficient (Wildman–Crippen LogP) is 4.02. The summed E-state index contributed by atoms with van der Waals surface area (Å²) >= 11 is 4.69. The van der Waals surface area contributed by atoms with E-state index in [4.69, 9.17) is 0 Å². The zero-order valence-electron chi connectivity index (χ0n) is 14.9. The molecule has 0 bridgehead atoms. The van der Waals surface area contributed by atoms with Crippen molar-refractivity contribution in [3.8, 4) is 0 Å². The first-order chi connectivity index (χ1) is 12.2. The third-order valence-electron chi connectivity index (χ3n) is 5.07. The fourth-order valence-corrected chi connectivity index (χ4v) is 3.88. The van der Waals surface area contributed by atoms with E-state index in [1.165, 1.54) is 16.3 Å². The molecule has 0 saturated carbocycles. The van der Waals surface area contributed by atoms with Crippen molar-refractivity contribution in [2.45, 2.75) is 50.4 Å². The second kappa shape index (κ2) is 8.72. The zero-order valence-corrected chi connectivity index (χ0v) is 15.8. The lowest BCUT2D eigenvalue weighted by Gasteiger charge is -2.28. The van der Waals surface area contributed by atoms with Crippen LogP contribution < -0.4 is 5.32 Å². The van der Waals surface area contributed by atoms with Crippen LogP contribution in [-0.4, -0.2) is 35.2 Å². The maximum atomic E-state index is 12.8. The average molecular weight is 357 g/mol. The first-order valence-electron chi connectivity index (χ1n) is 9.35. The maximum Gasteiger partial charge on any atom is 0.222 e. The Balaban J connectivity index is 1.81. The quantitative estimate of drug-likeness (QED) is 0.735. The number of hydrogen-bond donors (Lipinski definition) is 2. The van der Waals surface area contributed by atoms with Gasteiger partial charge in [-0.3, -0.25) is 4.79 Å². The van der Waals surface area contributed by atoms with E-state index < -0.39 is 0 Å². The number of nitrogens with zero attached hydrogens (tertiary/aromatic N) is 1. The van der Waals surface area contributed by atoms with Gasteiger partial charge in [-0.2, -0.15) is 12.6 Å². The Hall–Kier alpha value is -1.52. The molecule has 1 aliphatic heterocycles. The Morgan fingerprint density at radius 1 is 1.24 bits per heavy atom. The van der Waals surface area contributed by atoms with Gasteiger partial charge in [-0.1, -0.05) is 55.8 Å². The standard InChI is InChI=1S/C21H28N2OS/c1-2-3-11-21(24)23(15-19-20(25)12-13-22-19)14-17-9-6-8-16-7-4-5-10-18(16)17/h4-10,19-20,22,25H,2-3,11-15H2,1H3. The van der Waals surface area contributed by atoms with Crippen molar-refractivity contribution in [3.05, 3.63) is 48.0 Å². The van der Waals surface area contributed by atoms with Gasteiger partial charge in [0.1, 0.15) is 0 Å². The molecule has 1 N–H and O–H groups in total. The smallest absolute Gasteiger partial charge is 0.222 e. The van der Waals surface area contributed by atoms with Crippen molar-refractivity contribution < 1.29 is 4.79 Å². The highest BCUT2D eigenvalue weighted by atomic mass is 32.1. The van der Waals surface area contributed by atoms with E-state index >= 15 is 0 Å². The van der Waals surface area contributed by atoms with Crippen LogP contribution in [0.2, 0.25) is 0 Å². The summed E-state index contributed by atoms with van der Waals surface area (Å²) in [5.74, 6) is 0.254. The summed E-state index contributed by atoms with van der Waals surface area (Å²) in [7, 11) is 0. The van der Waals surface area contributed by atoms with E-state index in [2.05, 4.69) is 67.3 Å². The summed E-state index contributed by atoms with van der Waals surface area (Å²) in [5.41, 5.74) is 1.22. The first-order valence-corrected chi connectivity index (χ1v) is 9.86. The Kier molecular flexibility index (Phi) is 6.38. The van der Waals surface area contributed by atoms with Crippen molar-refractivity contribution in [2.75, 3.05) is 13.1 Å². The van der Waals surface area contributed by atoms with Gasteiger partial charge < -0.3 is 10.2 Å². The molecule has 0 spiro atoms. The van der Waals surface area contributed by atoms with Crippen molar-refractivity contribution in [3.63, 3.8) is 0 Å². The van der Waals surface area contributed by atoms with E-state index in [9.17, 15) is 4.79 Å². The first kappa shape index (κ1) is 18.3. The van der Waals surface area contributed by atoms with Gasteiger partial charge >= 0.3 is 0 Å². The SMILES string of the molecule is CCCCC(=O)N(Cc1cccc2ccccc12)CC1NCCC1S. The summed E-state index contributed by atoms with van der Waals surface area (Å²) in [6.45, 7) is 4.53. The second-order valence-corrected chi connectivity index (χ2v) is 7.60. The van der Waals surface area contributed by atoms with Gasteiger partial charge in [0.25, 0.3) is 0 Å². The van der Waals surface area contributed by atoms with E-state index in [0.717, 1.165) is 32.4 Å². The fourth-order valence-electron chi connectivity index (χ4n) is 3.55. The molecular formula is C21H28N2OS. The van der Waals surface area contributed by atoms with Crippen LogP contribution in [0.4, 0.5) is 0 Å². The molecular weight excluding hydrogens is 328 g/mol. The van der Waals surface area contributed by atoms with Crippen LogP contribution in [0.1, 0.15) is 38.2 Å². The molecule has 1 heterocycles. The van der Waals surface area contributed by atoms with Crippen molar-refractivity contribution in [1.82, 2.24) is 10.2 Å². The van der Waals surface area contributed by atoms with Gasteiger partial charge in [-0.15, -0.1) is 0 Å². The molecule has 1 aliphatic rings. The molecule has 0 aliphatic carbocycles. The maximum absolute atomic E-state index is 12.8. The number of fused-ring (bicyclic) bond motifs is 1. The Labute approximate surface area is 156 Å². The minimum Gasteiger partial charge on any atom is -0.337 e. The van der Waals surface area contributed by atoms with Gasteiger partial charge in [0.2, 0.25) is 5.91 Å². The molecule has 1 fully saturated rings. The number of unbranched alkanes of at least 4 members (excludes halogenated alkanes) is 1. The van der Waals surface area contributed by atoms with Crippen molar-refractivity contribution in [2.24, 2.45) is 0 Å². The summed E-state index contributed by atoms with van der Waals surface area (Å²) < 4.78 is 0. The van der Waals surface area contributed by atoms with E-state index in [1.54, 1.807) is 0 Å². The molecule has 25 heavy (non-hydrogen) atoms. The molecule has 0 aromatic heterocycles. The number of hydrogen-bond acceptors (Lipinski definition) is 3. The topological polar surface area (TPSA) is 32.3 Å². The van der Waals surface area contributed by atoms with Crippen LogP contribution in [0.3, 0.4) is 0 Å². The number of benzene rings is 2. The summed E-state index contributed by atoms with van der Waals surface area (Å²) in [5, 5.41) is 6.29. The van der Waals surface area contributed by atoms with Crippen LogP contribution in [0.5, 0.6) is 0 Å². The number of nitrogens with one attached hydrogen (secondary N) is 1. The molecule has 2 atom stereocenters. The molecule has 3 rings (SSSR count). The van der Waals surface area contributed by atoms with Gasteiger partial charge in [0.05, 0.1) is 0 Å². The summed E-state index contributed by atoms with van der Waals surface area (Å²) in [6.07, 6.45) is 3.70. The number of carbonyl (C=O) groups is 1. The third-order valence-corrected chi connectivity index (χ3v) is 5.68. The normalized spacial score (nSPS) is 20.1. The van der Waals surface area contributed by atoms with Crippen LogP contribution in [0.25, 0.3) is 10.8 Å². The van der Waals surface area contributed by atoms with E-state index in [-0.39, 0.29) is 11.9 Å². The van der Waals surface area contributed by atoms with Gasteiger partial charge in [0, 0.05) is 30.8 Å². The Morgan fingerprint density at radius 2 is 2.04 bits per heavy atom. The molecule has 134 valence electrons. The van der Waals surface area contributed by atoms with E-state index in [0.29, 0.717) is 18.2 Å². The Morgan fingerprint density at radius 3 is 2.80 bits per heavy atom. The van der Waals surface area contributed by atoms with Crippen LogP contribution in [-0.2, 0) is 11.3 Å². The van der Waals surface area contributed by atoms with Crippen LogP contribution in [0.15, 0.2) is 42.5 Å². The summed E-state index contributed by atoms with van der Waals surface area (Å²) in [4.78, 5) is 14.8. The summed E-state index contributed by atoms with van der Waals surface area (Å²) in [6, 6.07) is 15.0. The number of amides is 1. The van der Waals surface area contributed by atoms with E-state index in [1.807, 2.05) is 4.90 Å². The highest BCUT2D eigenvalue weighted by Gasteiger charge is 2.27. The minimum absolute atomic E-state index is 0.254. The molecule has 4 heteroatoms. The largest absolute Gasteiger partial charge is 0.337 e. The van der Waals surface area contributed by atoms with Crippen molar-refractivity contribution >= 4 is 29.3 Å². The average Bonchev–Trinajstić information content (AvgIpc) is 3.04. The number of carbonyl (C=O) groups excluding carboxylic acids is 1. The van der Waals surface area contributed by atoms with Crippen LogP contribution >= 0.6 is 12.6 Å².